The highest BCUT2D eigenvalue weighted by Gasteiger charge is 2.30. The first-order valence-electron chi connectivity index (χ1n) is 7.08. The van der Waals surface area contributed by atoms with Gasteiger partial charge in [0.1, 0.15) is 6.61 Å². The minimum Gasteiger partial charge on any atom is -0.461 e. The van der Waals surface area contributed by atoms with Crippen LogP contribution >= 0.6 is 0 Å². The molecule has 0 saturated carbocycles. The minimum atomic E-state index is -0.0474. The van der Waals surface area contributed by atoms with E-state index in [1.807, 2.05) is 30.3 Å². The van der Waals surface area contributed by atoms with Crippen molar-refractivity contribution in [2.24, 2.45) is 11.8 Å². The lowest BCUT2D eigenvalue weighted by atomic mass is 9.88. The molecule has 0 aliphatic carbocycles. The maximum absolute atomic E-state index is 12.1. The van der Waals surface area contributed by atoms with Crippen molar-refractivity contribution in [3.63, 3.8) is 0 Å². The zero-order valence-electron chi connectivity index (χ0n) is 11.8. The van der Waals surface area contributed by atoms with Crippen LogP contribution in [0.1, 0.15) is 25.3 Å². The van der Waals surface area contributed by atoms with E-state index in [0.29, 0.717) is 12.5 Å². The summed E-state index contributed by atoms with van der Waals surface area (Å²) in [5, 5.41) is 0. The highest BCUT2D eigenvalue weighted by atomic mass is 16.5. The van der Waals surface area contributed by atoms with Crippen molar-refractivity contribution < 1.29 is 9.53 Å². The molecule has 1 aromatic carbocycles. The Morgan fingerprint density at radius 2 is 2.05 bits per heavy atom. The van der Waals surface area contributed by atoms with Crippen LogP contribution in [0.3, 0.4) is 0 Å². The van der Waals surface area contributed by atoms with Crippen LogP contribution in [0.25, 0.3) is 0 Å². The van der Waals surface area contributed by atoms with Crippen LogP contribution in [0.15, 0.2) is 30.3 Å². The van der Waals surface area contributed by atoms with Gasteiger partial charge in [0, 0.05) is 13.1 Å². The van der Waals surface area contributed by atoms with Gasteiger partial charge in [0.15, 0.2) is 0 Å². The molecule has 19 heavy (non-hydrogen) atoms. The molecule has 2 unspecified atom stereocenters. The number of hydrogen-bond donors (Lipinski definition) is 0. The molecule has 1 fully saturated rings. The van der Waals surface area contributed by atoms with Gasteiger partial charge in [-0.1, -0.05) is 43.7 Å². The molecule has 0 N–H and O–H groups in total. The van der Waals surface area contributed by atoms with Gasteiger partial charge in [-0.05, 0) is 24.9 Å². The smallest absolute Gasteiger partial charge is 0.310 e. The van der Waals surface area contributed by atoms with E-state index in [1.165, 1.54) is 0 Å². The van der Waals surface area contributed by atoms with Crippen LogP contribution in [0, 0.1) is 11.8 Å². The maximum atomic E-state index is 12.1. The van der Waals surface area contributed by atoms with Gasteiger partial charge in [-0.2, -0.15) is 0 Å². The summed E-state index contributed by atoms with van der Waals surface area (Å²) in [6, 6.07) is 9.85. The van der Waals surface area contributed by atoms with Crippen molar-refractivity contribution in [2.45, 2.75) is 26.4 Å². The second-order valence-electron chi connectivity index (χ2n) is 5.52. The molecule has 1 saturated heterocycles. The molecular formula is C16H23NO2. The van der Waals surface area contributed by atoms with Gasteiger partial charge in [-0.25, -0.2) is 0 Å². The number of rotatable bonds is 4. The molecule has 0 amide bonds. The highest BCUT2D eigenvalue weighted by Crippen LogP contribution is 2.24. The summed E-state index contributed by atoms with van der Waals surface area (Å²) >= 11 is 0. The minimum absolute atomic E-state index is 0.0346. The van der Waals surface area contributed by atoms with E-state index in [2.05, 4.69) is 18.9 Å². The van der Waals surface area contributed by atoms with E-state index in [4.69, 9.17) is 4.74 Å². The van der Waals surface area contributed by atoms with Gasteiger partial charge in [0.25, 0.3) is 0 Å². The Bertz CT molecular complexity index is 404. The van der Waals surface area contributed by atoms with Crippen molar-refractivity contribution in [1.82, 2.24) is 4.90 Å². The molecule has 3 heteroatoms. The molecule has 0 spiro atoms. The topological polar surface area (TPSA) is 29.5 Å². The molecule has 2 rings (SSSR count). The first-order chi connectivity index (χ1) is 9.19. The van der Waals surface area contributed by atoms with Gasteiger partial charge in [0.05, 0.1) is 5.92 Å². The fourth-order valence-electron chi connectivity index (χ4n) is 2.76. The fourth-order valence-corrected chi connectivity index (χ4v) is 2.76. The fraction of sp³-hybridized carbons (Fsp3) is 0.562. The largest absolute Gasteiger partial charge is 0.461 e. The molecule has 1 aromatic rings. The Morgan fingerprint density at radius 1 is 1.32 bits per heavy atom. The van der Waals surface area contributed by atoms with Crippen LogP contribution in [0.4, 0.5) is 0 Å². The van der Waals surface area contributed by atoms with Crippen molar-refractivity contribution in [3.8, 4) is 0 Å². The standard InChI is InChI=1S/C16H23NO2/c1-3-13-9-15(11-17(2)10-13)16(18)19-12-14-7-5-4-6-8-14/h4-8,13,15H,3,9-12H2,1-2H3. The van der Waals surface area contributed by atoms with Crippen molar-refractivity contribution in [3.05, 3.63) is 35.9 Å². The molecule has 104 valence electrons. The number of ether oxygens (including phenoxy) is 1. The van der Waals surface area contributed by atoms with Crippen molar-refractivity contribution >= 4 is 5.97 Å². The number of likely N-dealkylation sites (tertiary alicyclic amines) is 1. The predicted molar refractivity (Wildman–Crippen MR) is 75.6 cm³/mol. The lowest BCUT2D eigenvalue weighted by Gasteiger charge is -2.34. The SMILES string of the molecule is CCC1CC(C(=O)OCc2ccccc2)CN(C)C1. The van der Waals surface area contributed by atoms with Gasteiger partial charge in [0.2, 0.25) is 0 Å². The molecule has 1 heterocycles. The van der Waals surface area contributed by atoms with Gasteiger partial charge >= 0.3 is 5.97 Å². The van der Waals surface area contributed by atoms with E-state index in [0.717, 1.165) is 31.5 Å². The maximum Gasteiger partial charge on any atom is 0.310 e. The van der Waals surface area contributed by atoms with Crippen LogP contribution in [0.5, 0.6) is 0 Å². The number of nitrogens with zero attached hydrogens (tertiary/aromatic N) is 1. The van der Waals surface area contributed by atoms with E-state index in [9.17, 15) is 4.79 Å². The number of piperidine rings is 1. The van der Waals surface area contributed by atoms with Crippen molar-refractivity contribution in [2.75, 3.05) is 20.1 Å². The number of esters is 1. The van der Waals surface area contributed by atoms with Crippen LogP contribution in [-0.4, -0.2) is 31.0 Å². The Hall–Kier alpha value is -1.35. The van der Waals surface area contributed by atoms with E-state index in [-0.39, 0.29) is 11.9 Å². The molecule has 0 radical (unpaired) electrons. The first kappa shape index (κ1) is 14.1. The summed E-state index contributed by atoms with van der Waals surface area (Å²) in [5.41, 5.74) is 1.05. The summed E-state index contributed by atoms with van der Waals surface area (Å²) in [7, 11) is 2.08. The second kappa shape index (κ2) is 6.71. The normalized spacial score (nSPS) is 24.1. The van der Waals surface area contributed by atoms with Gasteiger partial charge in [-0.3, -0.25) is 4.79 Å². The summed E-state index contributed by atoms with van der Waals surface area (Å²) < 4.78 is 5.44. The Morgan fingerprint density at radius 3 is 2.74 bits per heavy atom. The zero-order chi connectivity index (χ0) is 13.7. The van der Waals surface area contributed by atoms with Gasteiger partial charge in [-0.15, -0.1) is 0 Å². The molecule has 3 nitrogen and oxygen atoms in total. The summed E-state index contributed by atoms with van der Waals surface area (Å²) in [5.74, 6) is 0.606. The number of hydrogen-bond acceptors (Lipinski definition) is 3. The quantitative estimate of drug-likeness (QED) is 0.780. The lowest BCUT2D eigenvalue weighted by molar-refractivity contribution is -0.152. The van der Waals surface area contributed by atoms with E-state index in [1.54, 1.807) is 0 Å². The third kappa shape index (κ3) is 4.06. The molecule has 1 aliphatic heterocycles. The van der Waals surface area contributed by atoms with E-state index < -0.39 is 0 Å². The molecular weight excluding hydrogens is 238 g/mol. The first-order valence-corrected chi connectivity index (χ1v) is 7.08. The summed E-state index contributed by atoms with van der Waals surface area (Å²) in [4.78, 5) is 14.4. The van der Waals surface area contributed by atoms with Crippen molar-refractivity contribution in [1.29, 1.82) is 0 Å². The molecule has 1 aliphatic rings. The van der Waals surface area contributed by atoms with Crippen LogP contribution in [-0.2, 0) is 16.1 Å². The summed E-state index contributed by atoms with van der Waals surface area (Å²) in [6.07, 6.45) is 2.10. The second-order valence-corrected chi connectivity index (χ2v) is 5.52. The third-order valence-electron chi connectivity index (χ3n) is 3.85. The summed E-state index contributed by atoms with van der Waals surface area (Å²) in [6.45, 7) is 4.50. The Labute approximate surface area is 115 Å². The predicted octanol–water partition coefficient (Wildman–Crippen LogP) is 2.71. The monoisotopic (exact) mass is 261 g/mol. The van der Waals surface area contributed by atoms with Gasteiger partial charge < -0.3 is 9.64 Å². The van der Waals surface area contributed by atoms with Crippen LogP contribution < -0.4 is 0 Å². The highest BCUT2D eigenvalue weighted by molar-refractivity contribution is 5.72. The Balaban J connectivity index is 1.85. The zero-order valence-corrected chi connectivity index (χ0v) is 11.8. The number of benzene rings is 1. The average Bonchev–Trinajstić information content (AvgIpc) is 2.45. The Kier molecular flexibility index (Phi) is 4.97. The molecule has 0 bridgehead atoms. The molecule has 2 atom stereocenters. The third-order valence-corrected chi connectivity index (χ3v) is 3.85. The molecule has 0 aromatic heterocycles. The van der Waals surface area contributed by atoms with E-state index >= 15 is 0 Å². The number of carbonyl (C=O) groups is 1. The average molecular weight is 261 g/mol. The number of carbonyl (C=O) groups excluding carboxylic acids is 1. The lowest BCUT2D eigenvalue weighted by Crippen LogP contribution is -2.41. The van der Waals surface area contributed by atoms with Crippen LogP contribution in [0.2, 0.25) is 0 Å².